The number of anilines is 1. The van der Waals surface area contributed by atoms with Crippen molar-refractivity contribution in [1.82, 2.24) is 4.98 Å². The monoisotopic (exact) mass is 226 g/mol. The summed E-state index contributed by atoms with van der Waals surface area (Å²) >= 11 is 7.54. The van der Waals surface area contributed by atoms with E-state index in [4.69, 9.17) is 11.6 Å². The van der Waals surface area contributed by atoms with Crippen molar-refractivity contribution in [2.75, 3.05) is 11.9 Å². The molecule has 0 aliphatic rings. The second-order valence-electron chi connectivity index (χ2n) is 3.06. The third-order valence-electron chi connectivity index (χ3n) is 1.88. The largest absolute Gasteiger partial charge is 0.361 e. The van der Waals surface area contributed by atoms with Crippen molar-refractivity contribution in [3.8, 4) is 0 Å². The molecular formula is C10H11ClN2S. The summed E-state index contributed by atoms with van der Waals surface area (Å²) in [5, 5.41) is 5.01. The molecule has 1 aromatic heterocycles. The Balaban J connectivity index is 2.32. The molecule has 1 aromatic carbocycles. The number of benzene rings is 1. The number of aromatic nitrogens is 1. The molecule has 2 nitrogen and oxygen atoms in total. The molecule has 0 spiro atoms. The van der Waals surface area contributed by atoms with Gasteiger partial charge in [0, 0.05) is 11.6 Å². The molecule has 14 heavy (non-hydrogen) atoms. The number of hydrogen-bond donors (Lipinski definition) is 1. The van der Waals surface area contributed by atoms with Crippen molar-refractivity contribution in [1.29, 1.82) is 0 Å². The zero-order valence-corrected chi connectivity index (χ0v) is 9.45. The van der Waals surface area contributed by atoms with Crippen LogP contribution in [0, 0.1) is 0 Å². The average molecular weight is 227 g/mol. The SMILES string of the molecule is CCCNc1nc2ccc(Cl)cc2s1. The van der Waals surface area contributed by atoms with Gasteiger partial charge in [0.1, 0.15) is 0 Å². The quantitative estimate of drug-likeness (QED) is 0.862. The summed E-state index contributed by atoms with van der Waals surface area (Å²) in [6.45, 7) is 3.10. The molecule has 1 N–H and O–H groups in total. The fraction of sp³-hybridized carbons (Fsp3) is 0.300. The van der Waals surface area contributed by atoms with Crippen molar-refractivity contribution in [3.63, 3.8) is 0 Å². The van der Waals surface area contributed by atoms with Gasteiger partial charge in [-0.3, -0.25) is 0 Å². The maximum Gasteiger partial charge on any atom is 0.183 e. The summed E-state index contributed by atoms with van der Waals surface area (Å²) in [6, 6.07) is 5.77. The highest BCUT2D eigenvalue weighted by Crippen LogP contribution is 2.28. The average Bonchev–Trinajstić information content (AvgIpc) is 2.56. The van der Waals surface area contributed by atoms with Gasteiger partial charge in [-0.05, 0) is 24.6 Å². The molecule has 4 heteroatoms. The summed E-state index contributed by atoms with van der Waals surface area (Å²) in [5.74, 6) is 0. The van der Waals surface area contributed by atoms with Gasteiger partial charge in [0.25, 0.3) is 0 Å². The van der Waals surface area contributed by atoms with Crippen LogP contribution < -0.4 is 5.32 Å². The van der Waals surface area contributed by atoms with Crippen LogP contribution >= 0.6 is 22.9 Å². The minimum absolute atomic E-state index is 0.767. The predicted molar refractivity (Wildman–Crippen MR) is 63.4 cm³/mol. The molecule has 0 saturated heterocycles. The van der Waals surface area contributed by atoms with E-state index in [-0.39, 0.29) is 0 Å². The van der Waals surface area contributed by atoms with Crippen molar-refractivity contribution in [2.24, 2.45) is 0 Å². The van der Waals surface area contributed by atoms with E-state index in [1.165, 1.54) is 0 Å². The summed E-state index contributed by atoms with van der Waals surface area (Å²) in [4.78, 5) is 4.44. The van der Waals surface area contributed by atoms with Gasteiger partial charge in [0.15, 0.2) is 5.13 Å². The van der Waals surface area contributed by atoms with Crippen LogP contribution in [0.15, 0.2) is 18.2 Å². The molecule has 0 aliphatic heterocycles. The lowest BCUT2D eigenvalue weighted by Gasteiger charge is -1.95. The van der Waals surface area contributed by atoms with E-state index in [1.54, 1.807) is 11.3 Å². The standard InChI is InChI=1S/C10H11ClN2S/c1-2-5-12-10-13-8-4-3-7(11)6-9(8)14-10/h3-4,6H,2,5H2,1H3,(H,12,13). The smallest absolute Gasteiger partial charge is 0.183 e. The number of fused-ring (bicyclic) bond motifs is 1. The lowest BCUT2D eigenvalue weighted by molar-refractivity contribution is 0.977. The fourth-order valence-corrected chi connectivity index (χ4v) is 2.37. The van der Waals surface area contributed by atoms with Gasteiger partial charge in [-0.2, -0.15) is 0 Å². The fourth-order valence-electron chi connectivity index (χ4n) is 1.21. The summed E-state index contributed by atoms with van der Waals surface area (Å²) < 4.78 is 1.14. The number of rotatable bonds is 3. The third kappa shape index (κ3) is 1.99. The first-order chi connectivity index (χ1) is 6.79. The van der Waals surface area contributed by atoms with Crippen molar-refractivity contribution in [3.05, 3.63) is 23.2 Å². The van der Waals surface area contributed by atoms with E-state index in [9.17, 15) is 0 Å². The van der Waals surface area contributed by atoms with Gasteiger partial charge >= 0.3 is 0 Å². The van der Waals surface area contributed by atoms with Crippen LogP contribution in [0.1, 0.15) is 13.3 Å². The van der Waals surface area contributed by atoms with Crippen LogP contribution in [0.5, 0.6) is 0 Å². The predicted octanol–water partition coefficient (Wildman–Crippen LogP) is 3.77. The highest BCUT2D eigenvalue weighted by molar-refractivity contribution is 7.22. The Morgan fingerprint density at radius 3 is 3.14 bits per heavy atom. The van der Waals surface area contributed by atoms with Crippen LogP contribution in [0.2, 0.25) is 5.02 Å². The number of nitrogens with zero attached hydrogens (tertiary/aromatic N) is 1. The Bertz CT molecular complexity index is 439. The van der Waals surface area contributed by atoms with E-state index >= 15 is 0 Å². The molecule has 0 fully saturated rings. The molecule has 0 aliphatic carbocycles. The molecule has 0 bridgehead atoms. The van der Waals surface area contributed by atoms with Crippen LogP contribution in [-0.4, -0.2) is 11.5 Å². The van der Waals surface area contributed by atoms with E-state index in [0.29, 0.717) is 0 Å². The number of halogens is 1. The van der Waals surface area contributed by atoms with Gasteiger partial charge in [0.05, 0.1) is 10.2 Å². The number of nitrogens with one attached hydrogen (secondary N) is 1. The Morgan fingerprint density at radius 2 is 2.36 bits per heavy atom. The van der Waals surface area contributed by atoms with Crippen LogP contribution in [0.3, 0.4) is 0 Å². The minimum Gasteiger partial charge on any atom is -0.361 e. The van der Waals surface area contributed by atoms with E-state index < -0.39 is 0 Å². The number of hydrogen-bond acceptors (Lipinski definition) is 3. The first-order valence-electron chi connectivity index (χ1n) is 4.59. The van der Waals surface area contributed by atoms with Gasteiger partial charge in [-0.25, -0.2) is 4.98 Å². The Kier molecular flexibility index (Phi) is 2.89. The van der Waals surface area contributed by atoms with Crippen LogP contribution in [0.25, 0.3) is 10.2 Å². The van der Waals surface area contributed by atoms with E-state index in [1.807, 2.05) is 18.2 Å². The number of thiazole rings is 1. The first kappa shape index (κ1) is 9.74. The Hall–Kier alpha value is -0.800. The third-order valence-corrected chi connectivity index (χ3v) is 3.09. The molecule has 2 aromatic rings. The molecule has 0 radical (unpaired) electrons. The van der Waals surface area contributed by atoms with Gasteiger partial charge in [-0.1, -0.05) is 29.9 Å². The van der Waals surface area contributed by atoms with Crippen molar-refractivity contribution < 1.29 is 0 Å². The topological polar surface area (TPSA) is 24.9 Å². The highest BCUT2D eigenvalue weighted by atomic mass is 35.5. The zero-order valence-electron chi connectivity index (χ0n) is 7.88. The summed E-state index contributed by atoms with van der Waals surface area (Å²) in [5.41, 5.74) is 1.01. The Labute approximate surface area is 91.9 Å². The molecule has 0 unspecified atom stereocenters. The van der Waals surface area contributed by atoms with Crippen molar-refractivity contribution in [2.45, 2.75) is 13.3 Å². The maximum absolute atomic E-state index is 5.89. The van der Waals surface area contributed by atoms with E-state index in [2.05, 4.69) is 17.2 Å². The second kappa shape index (κ2) is 4.15. The van der Waals surface area contributed by atoms with Crippen LogP contribution in [-0.2, 0) is 0 Å². The molecular weight excluding hydrogens is 216 g/mol. The summed E-state index contributed by atoms with van der Waals surface area (Å²) in [7, 11) is 0. The minimum atomic E-state index is 0.767. The second-order valence-corrected chi connectivity index (χ2v) is 4.52. The van der Waals surface area contributed by atoms with Gasteiger partial charge < -0.3 is 5.32 Å². The lowest BCUT2D eigenvalue weighted by Crippen LogP contribution is -1.98. The Morgan fingerprint density at radius 1 is 1.50 bits per heavy atom. The lowest BCUT2D eigenvalue weighted by atomic mass is 10.3. The molecule has 74 valence electrons. The first-order valence-corrected chi connectivity index (χ1v) is 5.79. The summed E-state index contributed by atoms with van der Waals surface area (Å²) in [6.07, 6.45) is 1.11. The maximum atomic E-state index is 5.89. The molecule has 2 rings (SSSR count). The van der Waals surface area contributed by atoms with E-state index in [0.717, 1.165) is 33.3 Å². The van der Waals surface area contributed by atoms with Crippen LogP contribution in [0.4, 0.5) is 5.13 Å². The highest BCUT2D eigenvalue weighted by Gasteiger charge is 2.02. The zero-order chi connectivity index (χ0) is 9.97. The molecule has 0 saturated carbocycles. The van der Waals surface area contributed by atoms with Crippen molar-refractivity contribution >= 4 is 38.3 Å². The molecule has 0 amide bonds. The van der Waals surface area contributed by atoms with Gasteiger partial charge in [0.2, 0.25) is 0 Å². The molecule has 1 heterocycles. The van der Waals surface area contributed by atoms with Gasteiger partial charge in [-0.15, -0.1) is 0 Å². The normalized spacial score (nSPS) is 10.7. The molecule has 0 atom stereocenters.